The van der Waals surface area contributed by atoms with Crippen LogP contribution in [0.5, 0.6) is 0 Å². The van der Waals surface area contributed by atoms with E-state index >= 15 is 0 Å². The van der Waals surface area contributed by atoms with Crippen LogP contribution in [0.1, 0.15) is 39.0 Å². The Kier molecular flexibility index (Phi) is 3.38. The summed E-state index contributed by atoms with van der Waals surface area (Å²) in [6.07, 6.45) is 4.07. The van der Waals surface area contributed by atoms with E-state index in [1.807, 2.05) is 6.92 Å². The molecule has 3 N–H and O–H groups in total. The SMILES string of the molecule is CC1CCCNC1C(=O)NC1(C(=O)O)CCC1. The van der Waals surface area contributed by atoms with Gasteiger partial charge >= 0.3 is 5.97 Å². The third-order valence-electron chi connectivity index (χ3n) is 4.03. The molecule has 0 radical (unpaired) electrons. The molecule has 2 unspecified atom stereocenters. The molecule has 1 saturated heterocycles. The van der Waals surface area contributed by atoms with Gasteiger partial charge in [0.15, 0.2) is 0 Å². The number of carbonyl (C=O) groups is 2. The van der Waals surface area contributed by atoms with Gasteiger partial charge in [0.2, 0.25) is 5.91 Å². The number of carboxylic acid groups (broad SMARTS) is 1. The first-order chi connectivity index (χ1) is 8.05. The first-order valence-corrected chi connectivity index (χ1v) is 6.34. The van der Waals surface area contributed by atoms with Gasteiger partial charge in [-0.15, -0.1) is 0 Å². The van der Waals surface area contributed by atoms with Gasteiger partial charge in [0.1, 0.15) is 5.54 Å². The largest absolute Gasteiger partial charge is 0.480 e. The van der Waals surface area contributed by atoms with Gasteiger partial charge in [-0.1, -0.05) is 6.92 Å². The van der Waals surface area contributed by atoms with Gasteiger partial charge in [0, 0.05) is 0 Å². The minimum Gasteiger partial charge on any atom is -0.480 e. The highest BCUT2D eigenvalue weighted by atomic mass is 16.4. The summed E-state index contributed by atoms with van der Waals surface area (Å²) >= 11 is 0. The van der Waals surface area contributed by atoms with Crippen molar-refractivity contribution in [2.75, 3.05) is 6.54 Å². The average molecular weight is 240 g/mol. The Balaban J connectivity index is 1.98. The molecule has 5 heteroatoms. The van der Waals surface area contributed by atoms with Crippen molar-refractivity contribution in [3.8, 4) is 0 Å². The zero-order valence-electron chi connectivity index (χ0n) is 10.2. The van der Waals surface area contributed by atoms with E-state index in [2.05, 4.69) is 10.6 Å². The lowest BCUT2D eigenvalue weighted by atomic mass is 9.76. The first-order valence-electron chi connectivity index (χ1n) is 6.34. The molecule has 2 fully saturated rings. The fraction of sp³-hybridized carbons (Fsp3) is 0.833. The van der Waals surface area contributed by atoms with Crippen LogP contribution in [-0.2, 0) is 9.59 Å². The Bertz CT molecular complexity index is 326. The van der Waals surface area contributed by atoms with Crippen molar-refractivity contribution in [3.63, 3.8) is 0 Å². The zero-order chi connectivity index (χ0) is 12.5. The van der Waals surface area contributed by atoms with Gasteiger partial charge in [-0.3, -0.25) is 4.79 Å². The summed E-state index contributed by atoms with van der Waals surface area (Å²) in [7, 11) is 0. The molecule has 2 rings (SSSR count). The Hall–Kier alpha value is -1.10. The molecule has 1 amide bonds. The second kappa shape index (κ2) is 4.64. The smallest absolute Gasteiger partial charge is 0.329 e. The highest BCUT2D eigenvalue weighted by Crippen LogP contribution is 2.32. The van der Waals surface area contributed by atoms with E-state index in [4.69, 9.17) is 5.11 Å². The topological polar surface area (TPSA) is 78.4 Å². The molecule has 1 aliphatic carbocycles. The lowest BCUT2D eigenvalue weighted by molar-refractivity contribution is -0.152. The first kappa shape index (κ1) is 12.4. The third kappa shape index (κ3) is 2.29. The molecule has 1 aliphatic heterocycles. The van der Waals surface area contributed by atoms with Crippen molar-refractivity contribution in [2.24, 2.45) is 5.92 Å². The fourth-order valence-corrected chi connectivity index (χ4v) is 2.64. The van der Waals surface area contributed by atoms with Crippen LogP contribution in [0.4, 0.5) is 0 Å². The number of piperidine rings is 1. The second-order valence-corrected chi connectivity index (χ2v) is 5.28. The van der Waals surface area contributed by atoms with Crippen LogP contribution in [0.2, 0.25) is 0 Å². The quantitative estimate of drug-likeness (QED) is 0.671. The van der Waals surface area contributed by atoms with Gasteiger partial charge in [0.25, 0.3) is 0 Å². The highest BCUT2D eigenvalue weighted by molar-refractivity contribution is 5.90. The number of aliphatic carboxylic acids is 1. The average Bonchev–Trinajstić information content (AvgIpc) is 2.23. The minimum atomic E-state index is -0.990. The molecule has 0 aromatic heterocycles. The van der Waals surface area contributed by atoms with Crippen LogP contribution in [0.3, 0.4) is 0 Å². The maximum absolute atomic E-state index is 12.1. The van der Waals surface area contributed by atoms with Crippen molar-refractivity contribution < 1.29 is 14.7 Å². The number of hydrogen-bond donors (Lipinski definition) is 3. The van der Waals surface area contributed by atoms with Gasteiger partial charge in [-0.25, -0.2) is 4.79 Å². The number of hydrogen-bond acceptors (Lipinski definition) is 3. The van der Waals surface area contributed by atoms with E-state index in [1.54, 1.807) is 0 Å². The van der Waals surface area contributed by atoms with Gasteiger partial charge < -0.3 is 15.7 Å². The summed E-state index contributed by atoms with van der Waals surface area (Å²) in [6, 6.07) is -0.236. The summed E-state index contributed by atoms with van der Waals surface area (Å²) in [5.74, 6) is -0.783. The Morgan fingerprint density at radius 3 is 2.53 bits per heavy atom. The standard InChI is InChI=1S/C12H20N2O3/c1-8-4-2-7-13-9(8)10(15)14-12(11(16)17)5-3-6-12/h8-9,13H,2-7H2,1H3,(H,14,15)(H,16,17). The lowest BCUT2D eigenvalue weighted by Gasteiger charge is -2.40. The van der Waals surface area contributed by atoms with Gasteiger partial charge in [0.05, 0.1) is 6.04 Å². The van der Waals surface area contributed by atoms with Crippen molar-refractivity contribution in [1.82, 2.24) is 10.6 Å². The van der Waals surface area contributed by atoms with Gasteiger partial charge in [-0.05, 0) is 44.6 Å². The van der Waals surface area contributed by atoms with E-state index in [1.165, 1.54) is 0 Å². The number of carboxylic acids is 1. The second-order valence-electron chi connectivity index (χ2n) is 5.28. The summed E-state index contributed by atoms with van der Waals surface area (Å²) in [4.78, 5) is 23.3. The van der Waals surface area contributed by atoms with Gasteiger partial charge in [-0.2, -0.15) is 0 Å². The lowest BCUT2D eigenvalue weighted by Crippen LogP contribution is -2.63. The van der Waals surface area contributed by atoms with E-state index in [9.17, 15) is 9.59 Å². The molecular weight excluding hydrogens is 220 g/mol. The fourth-order valence-electron chi connectivity index (χ4n) is 2.64. The monoisotopic (exact) mass is 240 g/mol. The summed E-state index contributed by atoms with van der Waals surface area (Å²) in [5.41, 5.74) is -0.990. The number of amides is 1. The van der Waals surface area contributed by atoms with E-state index in [-0.39, 0.29) is 17.9 Å². The molecule has 17 heavy (non-hydrogen) atoms. The molecule has 0 bridgehead atoms. The van der Waals surface area contributed by atoms with Crippen molar-refractivity contribution in [1.29, 1.82) is 0 Å². The summed E-state index contributed by atoms with van der Waals surface area (Å²) in [6.45, 7) is 2.87. The Morgan fingerprint density at radius 1 is 1.35 bits per heavy atom. The van der Waals surface area contributed by atoms with Crippen LogP contribution < -0.4 is 10.6 Å². The van der Waals surface area contributed by atoms with Crippen LogP contribution >= 0.6 is 0 Å². The van der Waals surface area contributed by atoms with Crippen LogP contribution in [0, 0.1) is 5.92 Å². The molecule has 0 aromatic rings. The normalized spacial score (nSPS) is 31.4. The molecule has 96 valence electrons. The number of carbonyl (C=O) groups excluding carboxylic acids is 1. The molecule has 5 nitrogen and oxygen atoms in total. The Labute approximate surface area is 101 Å². The molecule has 2 atom stereocenters. The van der Waals surface area contributed by atoms with E-state index < -0.39 is 11.5 Å². The zero-order valence-corrected chi connectivity index (χ0v) is 10.2. The molecule has 0 spiro atoms. The summed E-state index contributed by atoms with van der Waals surface area (Å²) < 4.78 is 0. The third-order valence-corrected chi connectivity index (χ3v) is 4.03. The molecular formula is C12H20N2O3. The van der Waals surface area contributed by atoms with Crippen molar-refractivity contribution in [3.05, 3.63) is 0 Å². The van der Waals surface area contributed by atoms with E-state index in [0.717, 1.165) is 25.8 Å². The molecule has 0 aromatic carbocycles. The summed E-state index contributed by atoms with van der Waals surface area (Å²) in [5, 5.41) is 15.1. The predicted molar refractivity (Wildman–Crippen MR) is 62.5 cm³/mol. The van der Waals surface area contributed by atoms with Crippen LogP contribution in [0.25, 0.3) is 0 Å². The van der Waals surface area contributed by atoms with Crippen molar-refractivity contribution in [2.45, 2.75) is 50.6 Å². The predicted octanol–water partition coefficient (Wildman–Crippen LogP) is 0.498. The Morgan fingerprint density at radius 2 is 2.06 bits per heavy atom. The van der Waals surface area contributed by atoms with Crippen LogP contribution in [0.15, 0.2) is 0 Å². The number of rotatable bonds is 3. The maximum atomic E-state index is 12.1. The minimum absolute atomic E-state index is 0.153. The molecule has 1 heterocycles. The maximum Gasteiger partial charge on any atom is 0.329 e. The van der Waals surface area contributed by atoms with Crippen molar-refractivity contribution >= 4 is 11.9 Å². The number of nitrogens with one attached hydrogen (secondary N) is 2. The molecule has 1 saturated carbocycles. The van der Waals surface area contributed by atoms with Crippen LogP contribution in [-0.4, -0.2) is 35.1 Å². The van der Waals surface area contributed by atoms with E-state index in [0.29, 0.717) is 12.8 Å². The highest BCUT2D eigenvalue weighted by Gasteiger charge is 2.47. The molecule has 2 aliphatic rings.